The minimum atomic E-state index is -4.71. The summed E-state index contributed by atoms with van der Waals surface area (Å²) in [5.41, 5.74) is -0.522. The molecule has 0 aliphatic heterocycles. The third-order valence-electron chi connectivity index (χ3n) is 3.75. The molecule has 1 aliphatic carbocycles. The molecule has 1 fully saturated rings. The van der Waals surface area contributed by atoms with E-state index in [1.54, 1.807) is 6.07 Å². The van der Waals surface area contributed by atoms with E-state index in [9.17, 15) is 18.3 Å². The molecule has 0 unspecified atom stereocenters. The van der Waals surface area contributed by atoms with Gasteiger partial charge in [-0.3, -0.25) is 0 Å². The van der Waals surface area contributed by atoms with Gasteiger partial charge < -0.3 is 9.84 Å². The molecule has 0 aromatic heterocycles. The first-order chi connectivity index (χ1) is 8.70. The van der Waals surface area contributed by atoms with Gasteiger partial charge >= 0.3 is 6.36 Å². The Morgan fingerprint density at radius 2 is 1.95 bits per heavy atom. The summed E-state index contributed by atoms with van der Waals surface area (Å²) in [7, 11) is 0. The van der Waals surface area contributed by atoms with Gasteiger partial charge in [0.15, 0.2) is 0 Å². The van der Waals surface area contributed by atoms with Crippen LogP contribution < -0.4 is 4.74 Å². The number of halogens is 3. The lowest BCUT2D eigenvalue weighted by Crippen LogP contribution is -2.43. The first-order valence-electron chi connectivity index (χ1n) is 6.28. The van der Waals surface area contributed by atoms with Gasteiger partial charge in [-0.25, -0.2) is 0 Å². The smallest absolute Gasteiger partial charge is 0.406 e. The van der Waals surface area contributed by atoms with Crippen LogP contribution >= 0.6 is 0 Å². The van der Waals surface area contributed by atoms with Gasteiger partial charge in [0, 0.05) is 0 Å². The fraction of sp³-hybridized carbons (Fsp3) is 0.571. The fourth-order valence-electron chi connectivity index (χ4n) is 2.50. The summed E-state index contributed by atoms with van der Waals surface area (Å²) in [6.07, 6.45) is -3.54. The minimum Gasteiger partial charge on any atom is -0.406 e. The second-order valence-corrected chi connectivity index (χ2v) is 5.52. The topological polar surface area (TPSA) is 29.5 Å². The molecule has 1 aliphatic rings. The highest BCUT2D eigenvalue weighted by Crippen LogP contribution is 2.49. The predicted octanol–water partition coefficient (Wildman–Crippen LogP) is 3.84. The van der Waals surface area contributed by atoms with E-state index in [1.165, 1.54) is 18.2 Å². The molecule has 0 radical (unpaired) electrons. The molecule has 1 aromatic rings. The number of aliphatic hydroxyl groups is 1. The van der Waals surface area contributed by atoms with Gasteiger partial charge in [0.2, 0.25) is 0 Å². The highest BCUT2D eigenvalue weighted by Gasteiger charge is 2.45. The molecule has 5 heteroatoms. The van der Waals surface area contributed by atoms with Crippen LogP contribution in [0.4, 0.5) is 13.2 Å². The maximum Gasteiger partial charge on any atom is 0.573 e. The van der Waals surface area contributed by atoms with Gasteiger partial charge in [0.1, 0.15) is 5.75 Å². The molecule has 1 aromatic carbocycles. The van der Waals surface area contributed by atoms with Crippen molar-refractivity contribution in [1.82, 2.24) is 0 Å². The van der Waals surface area contributed by atoms with E-state index in [4.69, 9.17) is 0 Å². The van der Waals surface area contributed by atoms with Crippen LogP contribution in [-0.2, 0) is 5.60 Å². The minimum absolute atomic E-state index is 0.286. The maximum absolute atomic E-state index is 12.1. The molecular formula is C14H17F3O2. The second-order valence-electron chi connectivity index (χ2n) is 5.52. The largest absolute Gasteiger partial charge is 0.573 e. The van der Waals surface area contributed by atoms with Crippen molar-refractivity contribution < 1.29 is 23.0 Å². The Kier molecular flexibility index (Phi) is 3.51. The molecule has 0 amide bonds. The van der Waals surface area contributed by atoms with Crippen LogP contribution in [0, 0.1) is 11.8 Å². The molecule has 1 N–H and O–H groups in total. The van der Waals surface area contributed by atoms with Crippen LogP contribution in [0.25, 0.3) is 0 Å². The molecule has 2 nitrogen and oxygen atoms in total. The van der Waals surface area contributed by atoms with Crippen LogP contribution in [0.1, 0.15) is 32.3 Å². The lowest BCUT2D eigenvalue weighted by molar-refractivity contribution is -0.274. The molecule has 0 atom stereocenters. The van der Waals surface area contributed by atoms with Crippen molar-refractivity contribution in [1.29, 1.82) is 0 Å². The zero-order chi connectivity index (χ0) is 14.3. The molecule has 0 spiro atoms. The normalized spacial score (nSPS) is 27.2. The Bertz CT molecular complexity index is 448. The van der Waals surface area contributed by atoms with Gasteiger partial charge in [-0.05, 0) is 42.4 Å². The van der Waals surface area contributed by atoms with Gasteiger partial charge in [-0.2, -0.15) is 0 Å². The summed E-state index contributed by atoms with van der Waals surface area (Å²) in [6, 6.07) is 5.61. The Balaban J connectivity index is 2.12. The SMILES string of the molecule is CC(C)C1CC(O)(c2cccc(OC(F)(F)F)c2)C1. The van der Waals surface area contributed by atoms with Crippen molar-refractivity contribution in [3.05, 3.63) is 29.8 Å². The van der Waals surface area contributed by atoms with E-state index < -0.39 is 12.0 Å². The average molecular weight is 274 g/mol. The monoisotopic (exact) mass is 274 g/mol. The Morgan fingerprint density at radius 3 is 2.47 bits per heavy atom. The third kappa shape index (κ3) is 3.21. The standard InChI is InChI=1S/C14H17F3O2/c1-9(2)10-7-13(18,8-10)11-4-3-5-12(6-11)19-14(15,16)17/h3-6,9-10,18H,7-8H2,1-2H3. The number of ether oxygens (including phenoxy) is 1. The number of hydrogen-bond acceptors (Lipinski definition) is 2. The van der Waals surface area contributed by atoms with Crippen LogP contribution in [-0.4, -0.2) is 11.5 Å². The molecule has 2 rings (SSSR count). The molecule has 0 bridgehead atoms. The van der Waals surface area contributed by atoms with Crippen molar-refractivity contribution in [2.75, 3.05) is 0 Å². The fourth-order valence-corrected chi connectivity index (χ4v) is 2.50. The average Bonchev–Trinajstić information content (AvgIpc) is 2.22. The van der Waals surface area contributed by atoms with E-state index in [1.807, 2.05) is 0 Å². The quantitative estimate of drug-likeness (QED) is 0.907. The molecule has 106 valence electrons. The van der Waals surface area contributed by atoms with Gasteiger partial charge in [-0.15, -0.1) is 13.2 Å². The zero-order valence-electron chi connectivity index (χ0n) is 10.9. The lowest BCUT2D eigenvalue weighted by Gasteiger charge is -2.46. The summed E-state index contributed by atoms with van der Waals surface area (Å²) in [5, 5.41) is 10.4. The lowest BCUT2D eigenvalue weighted by atomic mass is 9.63. The Labute approximate surface area is 110 Å². The molecule has 1 saturated carbocycles. The first-order valence-corrected chi connectivity index (χ1v) is 6.28. The van der Waals surface area contributed by atoms with Gasteiger partial charge in [-0.1, -0.05) is 26.0 Å². The van der Waals surface area contributed by atoms with E-state index in [0.717, 1.165) is 0 Å². The number of hydrogen-bond donors (Lipinski definition) is 1. The maximum atomic E-state index is 12.1. The summed E-state index contributed by atoms with van der Waals surface area (Å²) in [4.78, 5) is 0. The molecule has 0 heterocycles. The summed E-state index contributed by atoms with van der Waals surface area (Å²) in [6.45, 7) is 4.15. The van der Waals surface area contributed by atoms with Crippen LogP contribution in [0.3, 0.4) is 0 Å². The van der Waals surface area contributed by atoms with Crippen molar-refractivity contribution in [2.24, 2.45) is 11.8 Å². The van der Waals surface area contributed by atoms with Crippen molar-refractivity contribution in [3.8, 4) is 5.75 Å². The van der Waals surface area contributed by atoms with Crippen molar-refractivity contribution in [2.45, 2.75) is 38.7 Å². The first kappa shape index (κ1) is 14.2. The molecule has 0 saturated heterocycles. The molecular weight excluding hydrogens is 257 g/mol. The highest BCUT2D eigenvalue weighted by molar-refractivity contribution is 5.34. The van der Waals surface area contributed by atoms with Crippen molar-refractivity contribution >= 4 is 0 Å². The zero-order valence-corrected chi connectivity index (χ0v) is 10.9. The van der Waals surface area contributed by atoms with E-state index in [-0.39, 0.29) is 5.75 Å². The van der Waals surface area contributed by atoms with Crippen molar-refractivity contribution in [3.63, 3.8) is 0 Å². The number of alkyl halides is 3. The van der Waals surface area contributed by atoms with Gasteiger partial charge in [0.05, 0.1) is 5.60 Å². The summed E-state index contributed by atoms with van der Waals surface area (Å²) in [5.74, 6) is 0.596. The van der Waals surface area contributed by atoms with E-state index in [0.29, 0.717) is 30.2 Å². The highest BCUT2D eigenvalue weighted by atomic mass is 19.4. The van der Waals surface area contributed by atoms with Crippen LogP contribution in [0.2, 0.25) is 0 Å². The van der Waals surface area contributed by atoms with Gasteiger partial charge in [0.25, 0.3) is 0 Å². The Morgan fingerprint density at radius 1 is 1.32 bits per heavy atom. The van der Waals surface area contributed by atoms with E-state index in [2.05, 4.69) is 18.6 Å². The van der Waals surface area contributed by atoms with Crippen LogP contribution in [0.15, 0.2) is 24.3 Å². The number of benzene rings is 1. The number of rotatable bonds is 3. The summed E-state index contributed by atoms with van der Waals surface area (Å²) >= 11 is 0. The summed E-state index contributed by atoms with van der Waals surface area (Å²) < 4.78 is 40.3. The Hall–Kier alpha value is -1.23. The predicted molar refractivity (Wildman–Crippen MR) is 64.6 cm³/mol. The second kappa shape index (κ2) is 4.71. The van der Waals surface area contributed by atoms with E-state index >= 15 is 0 Å². The molecule has 19 heavy (non-hydrogen) atoms. The van der Waals surface area contributed by atoms with Crippen LogP contribution in [0.5, 0.6) is 5.75 Å². The third-order valence-corrected chi connectivity index (χ3v) is 3.75.